The number of alkyl halides is 3. The molecular formula is C23H18ClF3N8O2. The molecule has 190 valence electrons. The number of pyridine rings is 2. The van der Waals surface area contributed by atoms with Crippen LogP contribution in [0.1, 0.15) is 5.69 Å². The van der Waals surface area contributed by atoms with Crippen LogP contribution in [-0.4, -0.2) is 56.4 Å². The molecule has 4 heterocycles. The van der Waals surface area contributed by atoms with Crippen molar-refractivity contribution < 1.29 is 22.7 Å². The van der Waals surface area contributed by atoms with Crippen molar-refractivity contribution in [2.75, 3.05) is 17.4 Å². The third kappa shape index (κ3) is 4.70. The monoisotopic (exact) mass is 530 g/mol. The number of amides is 1. The number of hydrogen-bond acceptors (Lipinski definition) is 8. The van der Waals surface area contributed by atoms with E-state index in [1.807, 2.05) is 0 Å². The molecule has 1 aliphatic rings. The van der Waals surface area contributed by atoms with E-state index in [-0.39, 0.29) is 28.8 Å². The van der Waals surface area contributed by atoms with E-state index in [2.05, 4.69) is 30.7 Å². The van der Waals surface area contributed by atoms with Crippen LogP contribution in [0.25, 0.3) is 16.7 Å². The number of nitrogens with zero attached hydrogens (tertiary/aromatic N) is 7. The average Bonchev–Trinajstić information content (AvgIpc) is 3.52. The van der Waals surface area contributed by atoms with Crippen LogP contribution in [0, 0.1) is 5.92 Å². The molecule has 0 aliphatic carbocycles. The highest BCUT2D eigenvalue weighted by Crippen LogP contribution is 2.39. The van der Waals surface area contributed by atoms with Crippen LogP contribution < -0.4 is 10.3 Å². The number of hydrazone groups is 1. The molecule has 3 aromatic heterocycles. The number of fused-ring (bicyclic) bond motifs is 1. The van der Waals surface area contributed by atoms with Crippen molar-refractivity contribution in [2.45, 2.75) is 18.8 Å². The molecule has 2 unspecified atom stereocenters. The van der Waals surface area contributed by atoms with Gasteiger partial charge in [-0.15, -0.1) is 5.10 Å². The first-order valence-electron chi connectivity index (χ1n) is 10.9. The Morgan fingerprint density at radius 2 is 2.03 bits per heavy atom. The fourth-order valence-electron chi connectivity index (χ4n) is 4.06. The summed E-state index contributed by atoms with van der Waals surface area (Å²) < 4.78 is 49.2. The summed E-state index contributed by atoms with van der Waals surface area (Å²) in [6.07, 6.45) is 0.500. The summed E-state index contributed by atoms with van der Waals surface area (Å²) >= 11 is 6.33. The van der Waals surface area contributed by atoms with Crippen LogP contribution in [0.4, 0.5) is 24.5 Å². The number of hydrogen-bond donors (Lipinski definition) is 1. The predicted molar refractivity (Wildman–Crippen MR) is 130 cm³/mol. The number of carbonyl (C=O) groups is 1. The molecule has 0 saturated heterocycles. The molecule has 14 heteroatoms. The van der Waals surface area contributed by atoms with Gasteiger partial charge in [-0.1, -0.05) is 22.9 Å². The number of rotatable bonds is 6. The SMILES string of the molecule is COCc1cnnn1-c1ncc(NC(=O)C2C=NN(c3cccc4ncccc34)C2C(F)(F)F)cc1Cl. The van der Waals surface area contributed by atoms with Gasteiger partial charge in [-0.05, 0) is 30.3 Å². The zero-order chi connectivity index (χ0) is 26.2. The number of anilines is 2. The Morgan fingerprint density at radius 3 is 2.78 bits per heavy atom. The Labute approximate surface area is 212 Å². The van der Waals surface area contributed by atoms with Gasteiger partial charge in [0.15, 0.2) is 11.9 Å². The normalized spacial score (nSPS) is 17.5. The first kappa shape index (κ1) is 24.6. The second-order valence-corrected chi connectivity index (χ2v) is 8.46. The molecule has 37 heavy (non-hydrogen) atoms. The standard InChI is InChI=1S/C23H18ClF3N8O2/c1-37-12-14-10-30-33-34(14)21-17(24)8-13(9-29-21)32-22(36)16-11-31-35(20(16)23(25,26)27)19-6-2-5-18-15(19)4-3-7-28-18/h2-11,16,20H,12H2,1H3,(H,32,36). The average molecular weight is 531 g/mol. The molecule has 1 N–H and O–H groups in total. The van der Waals surface area contributed by atoms with Crippen molar-refractivity contribution in [1.29, 1.82) is 0 Å². The van der Waals surface area contributed by atoms with Gasteiger partial charge in [-0.2, -0.15) is 23.0 Å². The van der Waals surface area contributed by atoms with Crippen molar-refractivity contribution >= 4 is 46.0 Å². The molecule has 0 fully saturated rings. The second kappa shape index (κ2) is 9.75. The summed E-state index contributed by atoms with van der Waals surface area (Å²) in [6, 6.07) is 7.18. The van der Waals surface area contributed by atoms with Crippen LogP contribution in [0.15, 0.2) is 60.1 Å². The van der Waals surface area contributed by atoms with Gasteiger partial charge in [0.2, 0.25) is 5.91 Å². The number of methoxy groups -OCH3 is 1. The Kier molecular flexibility index (Phi) is 6.48. The summed E-state index contributed by atoms with van der Waals surface area (Å²) in [5.41, 5.74) is 1.38. The highest BCUT2D eigenvalue weighted by molar-refractivity contribution is 6.32. The van der Waals surface area contributed by atoms with Crippen molar-refractivity contribution in [3.8, 4) is 5.82 Å². The van der Waals surface area contributed by atoms with E-state index in [1.165, 1.54) is 36.3 Å². The molecule has 0 spiro atoms. The minimum Gasteiger partial charge on any atom is -0.378 e. The van der Waals surface area contributed by atoms with E-state index in [1.54, 1.807) is 30.5 Å². The molecule has 1 aromatic carbocycles. The highest BCUT2D eigenvalue weighted by Gasteiger charge is 2.54. The van der Waals surface area contributed by atoms with E-state index < -0.39 is 24.0 Å². The maximum Gasteiger partial charge on any atom is 0.412 e. The van der Waals surface area contributed by atoms with Gasteiger partial charge in [-0.3, -0.25) is 14.8 Å². The Hall–Kier alpha value is -4.10. The maximum absolute atomic E-state index is 14.2. The van der Waals surface area contributed by atoms with Gasteiger partial charge >= 0.3 is 6.18 Å². The highest BCUT2D eigenvalue weighted by atomic mass is 35.5. The van der Waals surface area contributed by atoms with Gasteiger partial charge in [0.1, 0.15) is 5.92 Å². The summed E-state index contributed by atoms with van der Waals surface area (Å²) in [5.74, 6) is -2.33. The Balaban J connectivity index is 1.40. The van der Waals surface area contributed by atoms with Crippen molar-refractivity contribution in [3.05, 3.63) is 65.7 Å². The van der Waals surface area contributed by atoms with Gasteiger partial charge in [-0.25, -0.2) is 4.98 Å². The molecule has 0 radical (unpaired) electrons. The third-order valence-corrected chi connectivity index (χ3v) is 5.94. The fraction of sp³-hybridized carbons (Fsp3) is 0.217. The number of halogens is 4. The zero-order valence-electron chi connectivity index (χ0n) is 19.1. The molecule has 0 saturated carbocycles. The van der Waals surface area contributed by atoms with Crippen LogP contribution in [0.5, 0.6) is 0 Å². The maximum atomic E-state index is 14.2. The second-order valence-electron chi connectivity index (χ2n) is 8.06. The van der Waals surface area contributed by atoms with Crippen LogP contribution in [-0.2, 0) is 16.1 Å². The Bertz CT molecular complexity index is 1490. The number of aromatic nitrogens is 5. The lowest BCUT2D eigenvalue weighted by atomic mass is 9.99. The first-order chi connectivity index (χ1) is 17.8. The predicted octanol–water partition coefficient (Wildman–Crippen LogP) is 4.00. The molecule has 0 bridgehead atoms. The summed E-state index contributed by atoms with van der Waals surface area (Å²) in [5, 5.41) is 15.5. The zero-order valence-corrected chi connectivity index (χ0v) is 19.9. The molecule has 2 atom stereocenters. The van der Waals surface area contributed by atoms with Crippen LogP contribution in [0.3, 0.4) is 0 Å². The topological polar surface area (TPSA) is 110 Å². The fourth-order valence-corrected chi connectivity index (χ4v) is 4.31. The van der Waals surface area contributed by atoms with Crippen molar-refractivity contribution in [2.24, 2.45) is 11.0 Å². The molecule has 1 amide bonds. The van der Waals surface area contributed by atoms with Gasteiger partial charge in [0.05, 0.1) is 46.6 Å². The van der Waals surface area contributed by atoms with Gasteiger partial charge in [0.25, 0.3) is 0 Å². The largest absolute Gasteiger partial charge is 0.412 e. The van der Waals surface area contributed by atoms with Crippen LogP contribution >= 0.6 is 11.6 Å². The quantitative estimate of drug-likeness (QED) is 0.401. The van der Waals surface area contributed by atoms with E-state index in [9.17, 15) is 18.0 Å². The first-order valence-corrected chi connectivity index (χ1v) is 11.2. The summed E-state index contributed by atoms with van der Waals surface area (Å²) in [6.45, 7) is 0.201. The Morgan fingerprint density at radius 1 is 1.19 bits per heavy atom. The number of ether oxygens (including phenoxy) is 1. The van der Waals surface area contributed by atoms with Gasteiger partial charge < -0.3 is 10.1 Å². The van der Waals surface area contributed by atoms with E-state index in [0.29, 0.717) is 16.6 Å². The molecule has 4 aromatic rings. The summed E-state index contributed by atoms with van der Waals surface area (Å²) in [4.78, 5) is 21.4. The lowest BCUT2D eigenvalue weighted by molar-refractivity contribution is -0.157. The number of nitrogens with one attached hydrogen (secondary N) is 1. The number of carbonyl (C=O) groups excluding carboxylic acids is 1. The molecule has 10 nitrogen and oxygen atoms in total. The van der Waals surface area contributed by atoms with Gasteiger partial charge in [0, 0.05) is 24.9 Å². The lowest BCUT2D eigenvalue weighted by Crippen LogP contribution is -2.48. The number of benzene rings is 1. The third-order valence-electron chi connectivity index (χ3n) is 5.66. The molecule has 5 rings (SSSR count). The van der Waals surface area contributed by atoms with Crippen LogP contribution in [0.2, 0.25) is 5.02 Å². The smallest absolute Gasteiger partial charge is 0.378 e. The summed E-state index contributed by atoms with van der Waals surface area (Å²) in [7, 11) is 1.50. The van der Waals surface area contributed by atoms with E-state index in [0.717, 1.165) is 11.2 Å². The minimum atomic E-state index is -4.77. The molecular weight excluding hydrogens is 513 g/mol. The van der Waals surface area contributed by atoms with Crippen molar-refractivity contribution in [1.82, 2.24) is 25.0 Å². The van der Waals surface area contributed by atoms with E-state index in [4.69, 9.17) is 16.3 Å². The minimum absolute atomic E-state index is 0.0954. The molecule has 1 aliphatic heterocycles. The van der Waals surface area contributed by atoms with Crippen molar-refractivity contribution in [3.63, 3.8) is 0 Å². The van der Waals surface area contributed by atoms with E-state index >= 15 is 0 Å². The lowest BCUT2D eigenvalue weighted by Gasteiger charge is -2.29.